The molecule has 2 nitrogen and oxygen atoms in total. The maximum Gasteiger partial charge on any atom is 0.0874 e. The zero-order valence-electron chi connectivity index (χ0n) is 12.8. The first-order valence-electron chi connectivity index (χ1n) is 7.23. The number of hydrogen-bond donors (Lipinski definition) is 1. The van der Waals surface area contributed by atoms with Crippen LogP contribution in [-0.4, -0.2) is 17.8 Å². The number of allylic oxidation sites excluding steroid dienone is 1. The minimum atomic E-state index is -0.458. The van der Waals surface area contributed by atoms with E-state index in [4.69, 9.17) is 0 Å². The van der Waals surface area contributed by atoms with Gasteiger partial charge < -0.3 is 10.0 Å². The first-order chi connectivity index (χ1) is 9.30. The number of para-hydroxylation sites is 1. The summed E-state index contributed by atoms with van der Waals surface area (Å²) in [5, 5.41) is 10.7. The molecule has 1 unspecified atom stereocenters. The van der Waals surface area contributed by atoms with E-state index in [1.165, 1.54) is 16.9 Å². The number of aliphatic hydroxyl groups excluding tert-OH is 1. The molecule has 0 spiro atoms. The van der Waals surface area contributed by atoms with E-state index in [9.17, 15) is 5.11 Å². The summed E-state index contributed by atoms with van der Waals surface area (Å²) in [6, 6.07) is 8.55. The van der Waals surface area contributed by atoms with Gasteiger partial charge in [0.25, 0.3) is 0 Å². The van der Waals surface area contributed by atoms with Crippen molar-refractivity contribution in [2.75, 3.05) is 11.4 Å². The van der Waals surface area contributed by atoms with Gasteiger partial charge in [-0.1, -0.05) is 58.5 Å². The fourth-order valence-corrected chi connectivity index (χ4v) is 3.76. The highest BCUT2D eigenvalue weighted by Gasteiger charge is 2.49. The van der Waals surface area contributed by atoms with Crippen molar-refractivity contribution in [3.8, 4) is 0 Å². The Hall–Kier alpha value is -1.54. The molecule has 20 heavy (non-hydrogen) atoms. The second kappa shape index (κ2) is 3.98. The molecule has 0 amide bonds. The maximum absolute atomic E-state index is 10.7. The molecule has 3 rings (SSSR count). The summed E-state index contributed by atoms with van der Waals surface area (Å²) in [7, 11) is 0. The molecule has 2 aliphatic rings. The third-order valence-electron chi connectivity index (χ3n) is 4.82. The van der Waals surface area contributed by atoms with Crippen LogP contribution in [0.1, 0.15) is 33.3 Å². The topological polar surface area (TPSA) is 23.5 Å². The van der Waals surface area contributed by atoms with Crippen LogP contribution in [0.3, 0.4) is 0 Å². The van der Waals surface area contributed by atoms with Gasteiger partial charge in [0.15, 0.2) is 0 Å². The van der Waals surface area contributed by atoms with E-state index < -0.39 is 6.10 Å². The number of anilines is 1. The lowest BCUT2D eigenvalue weighted by Crippen LogP contribution is -2.48. The summed E-state index contributed by atoms with van der Waals surface area (Å²) in [5.41, 5.74) is 4.52. The molecule has 1 atom stereocenters. The normalized spacial score (nSPS) is 26.2. The molecule has 106 valence electrons. The summed E-state index contributed by atoms with van der Waals surface area (Å²) in [6.07, 6.45) is 1.38. The molecule has 2 heterocycles. The van der Waals surface area contributed by atoms with Crippen molar-refractivity contribution in [3.63, 3.8) is 0 Å². The van der Waals surface area contributed by atoms with E-state index in [1.54, 1.807) is 0 Å². The molecule has 2 aliphatic heterocycles. The second-order valence-electron chi connectivity index (χ2n) is 7.13. The highest BCUT2D eigenvalue weighted by molar-refractivity contribution is 5.73. The SMILES string of the molecule is C=CC1=C2N(CC(C)(C)C1O)c1ccccc1C2(C)C. The van der Waals surface area contributed by atoms with Crippen molar-refractivity contribution < 1.29 is 5.11 Å². The molecule has 0 bridgehead atoms. The molecule has 0 aromatic heterocycles. The quantitative estimate of drug-likeness (QED) is 0.841. The van der Waals surface area contributed by atoms with Gasteiger partial charge in [-0.3, -0.25) is 0 Å². The fraction of sp³-hybridized carbons (Fsp3) is 0.444. The average Bonchev–Trinajstić information content (AvgIpc) is 2.61. The van der Waals surface area contributed by atoms with Crippen molar-refractivity contribution in [1.82, 2.24) is 0 Å². The van der Waals surface area contributed by atoms with Crippen LogP contribution in [0.25, 0.3) is 0 Å². The van der Waals surface area contributed by atoms with Gasteiger partial charge in [0, 0.05) is 34.3 Å². The van der Waals surface area contributed by atoms with Gasteiger partial charge in [0.2, 0.25) is 0 Å². The van der Waals surface area contributed by atoms with E-state index >= 15 is 0 Å². The smallest absolute Gasteiger partial charge is 0.0874 e. The maximum atomic E-state index is 10.7. The summed E-state index contributed by atoms with van der Waals surface area (Å²) >= 11 is 0. The number of rotatable bonds is 1. The second-order valence-corrected chi connectivity index (χ2v) is 7.13. The van der Waals surface area contributed by atoms with Crippen molar-refractivity contribution in [2.45, 2.75) is 39.2 Å². The van der Waals surface area contributed by atoms with E-state index in [-0.39, 0.29) is 10.8 Å². The monoisotopic (exact) mass is 269 g/mol. The predicted octanol–water partition coefficient (Wildman–Crippen LogP) is 3.63. The van der Waals surface area contributed by atoms with Crippen LogP contribution in [0.15, 0.2) is 48.2 Å². The van der Waals surface area contributed by atoms with Crippen LogP contribution in [0.2, 0.25) is 0 Å². The first kappa shape index (κ1) is 13.4. The third-order valence-corrected chi connectivity index (χ3v) is 4.82. The molecule has 2 heteroatoms. The Bertz CT molecular complexity index is 610. The Labute approximate surface area is 121 Å². The minimum absolute atomic E-state index is 0.0857. The lowest BCUT2D eigenvalue weighted by atomic mass is 9.73. The van der Waals surface area contributed by atoms with Gasteiger partial charge in [-0.05, 0) is 11.6 Å². The molecule has 0 saturated carbocycles. The third kappa shape index (κ3) is 1.55. The lowest BCUT2D eigenvalue weighted by Gasteiger charge is -2.44. The molecule has 0 aliphatic carbocycles. The van der Waals surface area contributed by atoms with Crippen LogP contribution in [-0.2, 0) is 5.41 Å². The van der Waals surface area contributed by atoms with Crippen LogP contribution in [0, 0.1) is 5.41 Å². The Balaban J connectivity index is 2.31. The van der Waals surface area contributed by atoms with Crippen molar-refractivity contribution in [1.29, 1.82) is 0 Å². The highest BCUT2D eigenvalue weighted by Crippen LogP contribution is 2.53. The molecule has 1 aromatic rings. The zero-order chi connectivity index (χ0) is 14.7. The summed E-state index contributed by atoms with van der Waals surface area (Å²) in [5.74, 6) is 0. The summed E-state index contributed by atoms with van der Waals surface area (Å²) < 4.78 is 0. The van der Waals surface area contributed by atoms with Gasteiger partial charge in [-0.2, -0.15) is 0 Å². The Morgan fingerprint density at radius 2 is 1.90 bits per heavy atom. The highest BCUT2D eigenvalue weighted by atomic mass is 16.3. The fourth-order valence-electron chi connectivity index (χ4n) is 3.76. The number of hydrogen-bond acceptors (Lipinski definition) is 2. The van der Waals surface area contributed by atoms with Gasteiger partial charge in [0.05, 0.1) is 6.10 Å². The molecular weight excluding hydrogens is 246 g/mol. The lowest BCUT2D eigenvalue weighted by molar-refractivity contribution is 0.0799. The minimum Gasteiger partial charge on any atom is -0.388 e. The number of aliphatic hydroxyl groups is 1. The first-order valence-corrected chi connectivity index (χ1v) is 7.23. The zero-order valence-corrected chi connectivity index (χ0v) is 12.8. The predicted molar refractivity (Wildman–Crippen MR) is 83.8 cm³/mol. The van der Waals surface area contributed by atoms with E-state index in [1.807, 2.05) is 6.08 Å². The van der Waals surface area contributed by atoms with E-state index in [2.05, 4.69) is 63.4 Å². The van der Waals surface area contributed by atoms with E-state index in [0.717, 1.165) is 12.1 Å². The van der Waals surface area contributed by atoms with Gasteiger partial charge in [-0.25, -0.2) is 0 Å². The number of benzene rings is 1. The van der Waals surface area contributed by atoms with Crippen LogP contribution in [0.5, 0.6) is 0 Å². The van der Waals surface area contributed by atoms with Crippen molar-refractivity contribution in [3.05, 3.63) is 53.8 Å². The molecule has 0 radical (unpaired) electrons. The molecule has 0 saturated heterocycles. The van der Waals surface area contributed by atoms with Gasteiger partial charge in [0.1, 0.15) is 0 Å². The van der Waals surface area contributed by atoms with Crippen molar-refractivity contribution >= 4 is 5.69 Å². The molecule has 0 fully saturated rings. The molecule has 1 aromatic carbocycles. The van der Waals surface area contributed by atoms with E-state index in [0.29, 0.717) is 0 Å². The largest absolute Gasteiger partial charge is 0.388 e. The Kier molecular flexibility index (Phi) is 2.68. The average molecular weight is 269 g/mol. The number of fused-ring (bicyclic) bond motifs is 3. The summed E-state index contributed by atoms with van der Waals surface area (Å²) in [4.78, 5) is 2.37. The molecule has 1 N–H and O–H groups in total. The Morgan fingerprint density at radius 1 is 1.25 bits per heavy atom. The Morgan fingerprint density at radius 3 is 2.55 bits per heavy atom. The van der Waals surface area contributed by atoms with Crippen molar-refractivity contribution in [2.24, 2.45) is 5.41 Å². The standard InChI is InChI=1S/C18H23NO/c1-6-12-15-18(4,5)13-9-7-8-10-14(13)19(15)11-17(2,3)16(12)20/h6-10,16,20H,1,11H2,2-5H3. The van der Waals surface area contributed by atoms with Gasteiger partial charge >= 0.3 is 0 Å². The summed E-state index contributed by atoms with van der Waals surface area (Å²) in [6.45, 7) is 13.5. The van der Waals surface area contributed by atoms with Gasteiger partial charge in [-0.15, -0.1) is 0 Å². The molecular formula is C18H23NO. The number of nitrogens with zero attached hydrogens (tertiary/aromatic N) is 1. The van der Waals surface area contributed by atoms with Crippen LogP contribution in [0.4, 0.5) is 5.69 Å². The van der Waals surface area contributed by atoms with Crippen LogP contribution >= 0.6 is 0 Å². The van der Waals surface area contributed by atoms with Crippen LogP contribution < -0.4 is 4.90 Å².